The molecule has 2 N–H and O–H groups in total. The number of para-hydroxylation sites is 1. The zero-order valence-electron chi connectivity index (χ0n) is 12.6. The van der Waals surface area contributed by atoms with Crippen molar-refractivity contribution >= 4 is 23.7 Å². The van der Waals surface area contributed by atoms with E-state index in [1.807, 2.05) is 0 Å². The minimum Gasteiger partial charge on any atom is -0.350 e. The number of rotatable bonds is 4. The fourth-order valence-electron chi connectivity index (χ4n) is 3.11. The lowest BCUT2D eigenvalue weighted by Gasteiger charge is -2.39. The Hall–Kier alpha value is -2.87. The second-order valence-corrected chi connectivity index (χ2v) is 5.16. The minimum absolute atomic E-state index is 0.0490. The maximum absolute atomic E-state index is 12.9. The topological polar surface area (TPSA) is 96.2 Å². The van der Waals surface area contributed by atoms with Gasteiger partial charge in [0.05, 0.1) is 12.3 Å². The Balaban J connectivity index is 2.27. The second-order valence-electron chi connectivity index (χ2n) is 5.16. The summed E-state index contributed by atoms with van der Waals surface area (Å²) in [4.78, 5) is 42.9. The molecule has 5 amide bonds. The summed E-state index contributed by atoms with van der Waals surface area (Å²) in [5.74, 6) is -0.563. The molecule has 8 nitrogen and oxygen atoms in total. The first-order valence-corrected chi connectivity index (χ1v) is 7.12. The summed E-state index contributed by atoms with van der Waals surface area (Å²) in [6.07, 6.45) is 1.76. The van der Waals surface area contributed by atoms with Crippen LogP contribution in [-0.2, 0) is 15.2 Å². The molecule has 0 radical (unpaired) electrons. The van der Waals surface area contributed by atoms with E-state index in [2.05, 4.69) is 6.58 Å². The molecule has 1 saturated heterocycles. The van der Waals surface area contributed by atoms with Gasteiger partial charge in [0.25, 0.3) is 5.91 Å². The van der Waals surface area contributed by atoms with Gasteiger partial charge >= 0.3 is 12.1 Å². The average Bonchev–Trinajstić information content (AvgIpc) is 2.69. The number of primary amides is 1. The van der Waals surface area contributed by atoms with Crippen LogP contribution in [0.3, 0.4) is 0 Å². The first kappa shape index (κ1) is 15.0. The molecule has 2 aliphatic rings. The maximum Gasteiger partial charge on any atom is 0.371 e. The summed E-state index contributed by atoms with van der Waals surface area (Å²) in [6, 6.07) is 5.07. The van der Waals surface area contributed by atoms with Crippen LogP contribution >= 0.6 is 0 Å². The van der Waals surface area contributed by atoms with Crippen LogP contribution in [0.15, 0.2) is 36.9 Å². The molecule has 2 bridgehead atoms. The van der Waals surface area contributed by atoms with Gasteiger partial charge in [-0.05, 0) is 12.5 Å². The van der Waals surface area contributed by atoms with Crippen LogP contribution in [0, 0.1) is 0 Å². The number of hydrogen-bond donors (Lipinski definition) is 1. The van der Waals surface area contributed by atoms with Crippen LogP contribution in [0.2, 0.25) is 0 Å². The van der Waals surface area contributed by atoms with Gasteiger partial charge in [-0.25, -0.2) is 9.59 Å². The van der Waals surface area contributed by atoms with Crippen LogP contribution in [0.1, 0.15) is 18.9 Å². The van der Waals surface area contributed by atoms with Crippen molar-refractivity contribution in [2.45, 2.75) is 18.9 Å². The van der Waals surface area contributed by atoms with Crippen molar-refractivity contribution in [3.8, 4) is 0 Å². The molecule has 0 aliphatic carbocycles. The number of hydroxylamine groups is 2. The van der Waals surface area contributed by atoms with E-state index in [1.54, 1.807) is 31.2 Å². The quantitative estimate of drug-likeness (QED) is 0.672. The molecular weight excluding hydrogens is 300 g/mol. The zero-order valence-corrected chi connectivity index (χ0v) is 12.6. The van der Waals surface area contributed by atoms with Crippen LogP contribution < -0.4 is 10.7 Å². The highest BCUT2D eigenvalue weighted by atomic mass is 16.7. The van der Waals surface area contributed by atoms with E-state index in [0.717, 1.165) is 15.1 Å². The summed E-state index contributed by atoms with van der Waals surface area (Å²) in [5, 5.41) is 2.63. The zero-order chi connectivity index (χ0) is 16.8. The van der Waals surface area contributed by atoms with Crippen LogP contribution in [-0.4, -0.2) is 34.6 Å². The monoisotopic (exact) mass is 316 g/mol. The first-order chi connectivity index (χ1) is 11.0. The van der Waals surface area contributed by atoms with E-state index in [-0.39, 0.29) is 13.0 Å². The Bertz CT molecular complexity index is 719. The van der Waals surface area contributed by atoms with Gasteiger partial charge in [-0.2, -0.15) is 15.1 Å². The molecule has 0 aromatic heterocycles. The lowest BCUT2D eigenvalue weighted by Crippen LogP contribution is -2.57. The number of fused-ring (bicyclic) bond motifs is 4. The number of carbonyl (C=O) groups is 3. The highest BCUT2D eigenvalue weighted by Gasteiger charge is 2.65. The fourth-order valence-corrected chi connectivity index (χ4v) is 3.11. The number of carbonyl (C=O) groups excluding carboxylic acids is 3. The highest BCUT2D eigenvalue weighted by Crippen LogP contribution is 2.49. The third-order valence-corrected chi connectivity index (χ3v) is 4.07. The molecule has 120 valence electrons. The summed E-state index contributed by atoms with van der Waals surface area (Å²) in [6.45, 7) is 5.36. The van der Waals surface area contributed by atoms with Crippen molar-refractivity contribution in [2.24, 2.45) is 5.73 Å². The molecule has 3 rings (SSSR count). The van der Waals surface area contributed by atoms with E-state index in [0.29, 0.717) is 11.3 Å². The number of nitrogens with zero attached hydrogens (tertiary/aromatic N) is 3. The number of hydrogen-bond acceptors (Lipinski definition) is 4. The maximum atomic E-state index is 12.9. The molecule has 1 atom stereocenters. The third kappa shape index (κ3) is 1.72. The lowest BCUT2D eigenvalue weighted by molar-refractivity contribution is -0.172. The number of amides is 5. The largest absolute Gasteiger partial charge is 0.371 e. The minimum atomic E-state index is -1.32. The molecule has 0 spiro atoms. The van der Waals surface area contributed by atoms with Crippen molar-refractivity contribution in [3.63, 3.8) is 0 Å². The van der Waals surface area contributed by atoms with E-state index in [1.165, 1.54) is 6.08 Å². The summed E-state index contributed by atoms with van der Waals surface area (Å²) < 4.78 is 0. The Labute approximate surface area is 132 Å². The van der Waals surface area contributed by atoms with E-state index >= 15 is 0 Å². The Kier molecular flexibility index (Phi) is 3.33. The Morgan fingerprint density at radius 2 is 2.09 bits per heavy atom. The van der Waals surface area contributed by atoms with Crippen LogP contribution in [0.25, 0.3) is 0 Å². The number of hydrazine groups is 1. The number of anilines is 1. The number of urea groups is 2. The Morgan fingerprint density at radius 1 is 1.39 bits per heavy atom. The number of imide groups is 1. The molecule has 8 heteroatoms. The van der Waals surface area contributed by atoms with E-state index in [4.69, 9.17) is 10.6 Å². The predicted molar refractivity (Wildman–Crippen MR) is 80.7 cm³/mol. The van der Waals surface area contributed by atoms with Gasteiger partial charge in [0.15, 0.2) is 5.54 Å². The van der Waals surface area contributed by atoms with Crippen molar-refractivity contribution in [2.75, 3.05) is 11.6 Å². The molecular formula is C15H16N4O4. The van der Waals surface area contributed by atoms with Gasteiger partial charge in [0, 0.05) is 5.56 Å². The van der Waals surface area contributed by atoms with E-state index < -0.39 is 23.5 Å². The van der Waals surface area contributed by atoms with Crippen LogP contribution in [0.5, 0.6) is 0 Å². The molecule has 1 aromatic rings. The smallest absolute Gasteiger partial charge is 0.350 e. The molecule has 0 saturated carbocycles. The third-order valence-electron chi connectivity index (χ3n) is 4.07. The molecule has 23 heavy (non-hydrogen) atoms. The predicted octanol–water partition coefficient (Wildman–Crippen LogP) is 1.49. The molecule has 2 aliphatic heterocycles. The van der Waals surface area contributed by atoms with Crippen molar-refractivity contribution in [3.05, 3.63) is 42.5 Å². The van der Waals surface area contributed by atoms with Crippen LogP contribution in [0.4, 0.5) is 15.3 Å². The summed E-state index contributed by atoms with van der Waals surface area (Å²) in [5.41, 5.74) is 4.96. The van der Waals surface area contributed by atoms with Crippen molar-refractivity contribution in [1.29, 1.82) is 0 Å². The molecule has 1 unspecified atom stereocenters. The summed E-state index contributed by atoms with van der Waals surface area (Å²) in [7, 11) is 0. The van der Waals surface area contributed by atoms with Gasteiger partial charge in [-0.1, -0.05) is 31.2 Å². The summed E-state index contributed by atoms with van der Waals surface area (Å²) >= 11 is 0. The molecule has 1 aromatic carbocycles. The van der Waals surface area contributed by atoms with Gasteiger partial charge in [-0.15, -0.1) is 6.58 Å². The lowest BCUT2D eigenvalue weighted by atomic mass is 9.84. The van der Waals surface area contributed by atoms with Gasteiger partial charge in [-0.3, -0.25) is 9.63 Å². The van der Waals surface area contributed by atoms with Gasteiger partial charge in [0.1, 0.15) is 0 Å². The SMILES string of the molecule is C=CCON1C(=O)N2C(=O)C1(CC)c1ccccc1N2C(N)=O. The van der Waals surface area contributed by atoms with E-state index in [9.17, 15) is 14.4 Å². The fraction of sp³-hybridized carbons (Fsp3) is 0.267. The Morgan fingerprint density at radius 3 is 2.70 bits per heavy atom. The van der Waals surface area contributed by atoms with Crippen molar-refractivity contribution in [1.82, 2.24) is 10.1 Å². The normalized spacial score (nSPS) is 22.4. The molecule has 1 fully saturated rings. The first-order valence-electron chi connectivity index (χ1n) is 7.12. The molecule has 2 heterocycles. The number of nitrogens with two attached hydrogens (primary N) is 1. The van der Waals surface area contributed by atoms with Crippen molar-refractivity contribution < 1.29 is 19.2 Å². The highest BCUT2D eigenvalue weighted by molar-refractivity contribution is 6.15. The number of benzene rings is 1. The second kappa shape index (κ2) is 5.10. The standard InChI is InChI=1S/C15H16N4O4/c1-3-9-23-19-14(22)18-12(20)15(19,4-2)10-7-5-6-8-11(10)17(18)13(16)21/h3,5-8H,1,4,9H2,2H3,(H2,16,21). The van der Waals surface area contributed by atoms with Gasteiger partial charge < -0.3 is 5.73 Å². The van der Waals surface area contributed by atoms with Gasteiger partial charge in [0.2, 0.25) is 0 Å². The average molecular weight is 316 g/mol.